The molecule has 4 aromatic rings. The Balaban J connectivity index is 0.000000194. The predicted molar refractivity (Wildman–Crippen MR) is 202 cm³/mol. The van der Waals surface area contributed by atoms with Crippen LogP contribution >= 0.6 is 0 Å². The van der Waals surface area contributed by atoms with Gasteiger partial charge in [0.25, 0.3) is 0 Å². The van der Waals surface area contributed by atoms with Gasteiger partial charge in [-0.15, -0.1) is 0 Å². The van der Waals surface area contributed by atoms with Crippen molar-refractivity contribution >= 4 is 45.6 Å². The van der Waals surface area contributed by atoms with Crippen LogP contribution in [0.3, 0.4) is 0 Å². The van der Waals surface area contributed by atoms with Crippen LogP contribution in [0.4, 0.5) is 10.1 Å². The third kappa shape index (κ3) is 9.31. The van der Waals surface area contributed by atoms with E-state index in [1.54, 1.807) is 24.5 Å². The van der Waals surface area contributed by atoms with E-state index in [1.807, 2.05) is 55.2 Å². The van der Waals surface area contributed by atoms with Gasteiger partial charge < -0.3 is 14.9 Å². The van der Waals surface area contributed by atoms with E-state index in [-0.39, 0.29) is 18.1 Å². The van der Waals surface area contributed by atoms with Crippen LogP contribution in [-0.4, -0.2) is 58.0 Å². The molecule has 260 valence electrons. The largest absolute Gasteiger partial charge is 0.481 e. The summed E-state index contributed by atoms with van der Waals surface area (Å²) in [5.74, 6) is -1.10. The lowest BCUT2D eigenvalue weighted by molar-refractivity contribution is -0.135. The topological polar surface area (TPSA) is 77.9 Å². The molecular weight excluding hydrogens is 648 g/mol. The molecule has 1 N–H and O–H groups in total. The number of carboxylic acids is 1. The van der Waals surface area contributed by atoms with Crippen LogP contribution in [0.2, 0.25) is 0 Å². The number of piperidine rings is 1. The molecule has 8 heteroatoms. The van der Waals surface area contributed by atoms with Gasteiger partial charge in [-0.3, -0.25) is 13.8 Å². The second-order valence-electron chi connectivity index (χ2n) is 12.7. The Hall–Kier alpha value is -4.66. The highest BCUT2D eigenvalue weighted by molar-refractivity contribution is 7.84. The molecule has 0 radical (unpaired) electrons. The Labute approximate surface area is 297 Å². The summed E-state index contributed by atoms with van der Waals surface area (Å²) in [6.07, 6.45) is 7.19. The molecule has 50 heavy (non-hydrogen) atoms. The van der Waals surface area contributed by atoms with Crippen molar-refractivity contribution in [2.45, 2.75) is 56.9 Å². The molecule has 2 aliphatic rings. The number of fused-ring (bicyclic) bond motifs is 1. The highest BCUT2D eigenvalue weighted by Crippen LogP contribution is 2.43. The van der Waals surface area contributed by atoms with Gasteiger partial charge in [-0.25, -0.2) is 4.39 Å². The Morgan fingerprint density at radius 3 is 2.16 bits per heavy atom. The molecule has 0 aromatic heterocycles. The summed E-state index contributed by atoms with van der Waals surface area (Å²) < 4.78 is 25.1. The lowest BCUT2D eigenvalue weighted by Crippen LogP contribution is -2.47. The number of anilines is 1. The number of carboxylic acid groups (broad SMARTS) is 1. The van der Waals surface area contributed by atoms with Crippen LogP contribution in [0.25, 0.3) is 17.2 Å². The third-order valence-corrected chi connectivity index (χ3v) is 10.3. The summed E-state index contributed by atoms with van der Waals surface area (Å²) in [6, 6.07) is 32.9. The lowest BCUT2D eigenvalue weighted by Gasteiger charge is -2.38. The maximum atomic E-state index is 13.7. The number of likely N-dealkylation sites (tertiary alicyclic amines) is 1. The number of carbonyl (C=O) groups excluding carboxylic acids is 1. The predicted octanol–water partition coefficient (Wildman–Crippen LogP) is 8.50. The van der Waals surface area contributed by atoms with Crippen LogP contribution in [-0.2, 0) is 26.8 Å². The first-order valence-corrected chi connectivity index (χ1v) is 18.7. The van der Waals surface area contributed by atoms with Gasteiger partial charge in [0.15, 0.2) is 0 Å². The van der Waals surface area contributed by atoms with E-state index in [1.165, 1.54) is 17.7 Å². The van der Waals surface area contributed by atoms with E-state index in [0.717, 1.165) is 71.8 Å². The molecule has 4 aromatic carbocycles. The van der Waals surface area contributed by atoms with Crippen molar-refractivity contribution in [3.8, 4) is 0 Å². The smallest absolute Gasteiger partial charge is 0.307 e. The first kappa shape index (κ1) is 36.6. The minimum atomic E-state index is -1.04. The molecule has 6 nitrogen and oxygen atoms in total. The lowest BCUT2D eigenvalue weighted by atomic mass is 10.0. The molecule has 0 bridgehead atoms. The number of benzene rings is 4. The molecule has 1 fully saturated rings. The standard InChI is InChI=1S/C22H28N2O.C20H17FO3S/c1-2-22(25)24(20-11-7-4-8-12-20)21-14-17-23(18-15-21)16-13-19-9-5-3-6-10-19;1-12-17(9-13-3-6-15(7-4-13)25(2)24)16-8-5-14(21)10-19(16)18(12)11-20(22)23/h3-12,21H,2,13-18H2,1H3;3-10H,11H2,1-2H3,(H,22,23)/b;17-9-. The summed E-state index contributed by atoms with van der Waals surface area (Å²) >= 11 is 0. The van der Waals surface area contributed by atoms with E-state index in [4.69, 9.17) is 5.11 Å². The summed E-state index contributed by atoms with van der Waals surface area (Å²) in [7, 11) is -1.04. The van der Waals surface area contributed by atoms with E-state index < -0.39 is 16.8 Å². The number of amides is 1. The number of para-hydroxylation sites is 1. The SMILES string of the molecule is CC1=C(CC(=O)O)c2cc(F)ccc2/C1=C\c1ccc(S(C)=O)cc1.CCC(=O)N(c1ccccc1)C1CCN(CCc2ccccc2)CC1. The number of rotatable bonds is 10. The molecule has 1 atom stereocenters. The number of nitrogens with zero attached hydrogens (tertiary/aromatic N) is 2. The quantitative estimate of drug-likeness (QED) is 0.180. The number of aliphatic carboxylic acids is 1. The second-order valence-corrected chi connectivity index (χ2v) is 14.1. The molecule has 1 amide bonds. The summed E-state index contributed by atoms with van der Waals surface area (Å²) in [5, 5.41) is 9.17. The van der Waals surface area contributed by atoms with Crippen molar-refractivity contribution in [2.75, 3.05) is 30.8 Å². The van der Waals surface area contributed by atoms with Crippen molar-refractivity contribution in [1.29, 1.82) is 0 Å². The van der Waals surface area contributed by atoms with Crippen LogP contribution in [0.5, 0.6) is 0 Å². The Morgan fingerprint density at radius 2 is 1.56 bits per heavy atom. The van der Waals surface area contributed by atoms with Crippen LogP contribution in [0.15, 0.2) is 114 Å². The summed E-state index contributed by atoms with van der Waals surface area (Å²) in [4.78, 5) is 29.0. The van der Waals surface area contributed by atoms with E-state index >= 15 is 0 Å². The van der Waals surface area contributed by atoms with Crippen LogP contribution in [0.1, 0.15) is 61.8 Å². The average Bonchev–Trinajstić information content (AvgIpc) is 3.37. The minimum Gasteiger partial charge on any atom is -0.481 e. The fourth-order valence-electron chi connectivity index (χ4n) is 6.71. The highest BCUT2D eigenvalue weighted by Gasteiger charge is 2.28. The maximum absolute atomic E-state index is 13.7. The molecule has 1 unspecified atom stereocenters. The van der Waals surface area contributed by atoms with Gasteiger partial charge in [0, 0.05) is 59.7 Å². The first-order valence-electron chi connectivity index (χ1n) is 17.1. The zero-order valence-electron chi connectivity index (χ0n) is 29.0. The van der Waals surface area contributed by atoms with Gasteiger partial charge in [0.05, 0.1) is 6.42 Å². The van der Waals surface area contributed by atoms with Gasteiger partial charge in [0.1, 0.15) is 5.82 Å². The normalized spacial score (nSPS) is 16.0. The van der Waals surface area contributed by atoms with Crippen molar-refractivity contribution < 1.29 is 23.3 Å². The fraction of sp³-hybridized carbons (Fsp3) is 0.286. The minimum absolute atomic E-state index is 0.145. The first-order chi connectivity index (χ1) is 24.1. The van der Waals surface area contributed by atoms with Gasteiger partial charge in [-0.1, -0.05) is 73.7 Å². The van der Waals surface area contributed by atoms with E-state index in [0.29, 0.717) is 23.6 Å². The number of carbonyl (C=O) groups is 2. The van der Waals surface area contributed by atoms with Crippen molar-refractivity contribution in [3.05, 3.63) is 137 Å². The van der Waals surface area contributed by atoms with Gasteiger partial charge in [-0.2, -0.15) is 0 Å². The fourth-order valence-corrected chi connectivity index (χ4v) is 7.22. The Morgan fingerprint density at radius 1 is 0.920 bits per heavy atom. The molecule has 1 saturated heterocycles. The van der Waals surface area contributed by atoms with Crippen molar-refractivity contribution in [3.63, 3.8) is 0 Å². The molecule has 6 rings (SSSR count). The second kappa shape index (κ2) is 17.3. The van der Waals surface area contributed by atoms with Crippen molar-refractivity contribution in [1.82, 2.24) is 4.90 Å². The zero-order chi connectivity index (χ0) is 35.6. The Kier molecular flexibility index (Phi) is 12.7. The van der Waals surface area contributed by atoms with Gasteiger partial charge in [0.2, 0.25) is 5.91 Å². The number of hydrogen-bond donors (Lipinski definition) is 1. The van der Waals surface area contributed by atoms with Gasteiger partial charge in [-0.05, 0) is 108 Å². The number of hydrogen-bond acceptors (Lipinski definition) is 4. The van der Waals surface area contributed by atoms with E-state index in [2.05, 4.69) is 47.4 Å². The van der Waals surface area contributed by atoms with Crippen LogP contribution in [0, 0.1) is 5.82 Å². The molecule has 1 heterocycles. The number of allylic oxidation sites excluding steroid dienone is 2. The Bertz CT molecular complexity index is 1870. The maximum Gasteiger partial charge on any atom is 0.307 e. The monoisotopic (exact) mass is 692 g/mol. The summed E-state index contributed by atoms with van der Waals surface area (Å²) in [5.41, 5.74) is 7.18. The molecular formula is C42H45FN2O4S. The van der Waals surface area contributed by atoms with Crippen LogP contribution < -0.4 is 4.90 Å². The molecule has 0 saturated carbocycles. The van der Waals surface area contributed by atoms with E-state index in [9.17, 15) is 18.2 Å². The zero-order valence-corrected chi connectivity index (χ0v) is 29.8. The highest BCUT2D eigenvalue weighted by atomic mass is 32.2. The molecule has 1 aliphatic carbocycles. The van der Waals surface area contributed by atoms with Gasteiger partial charge >= 0.3 is 5.97 Å². The molecule has 1 aliphatic heterocycles. The average molecular weight is 693 g/mol. The number of halogens is 1. The van der Waals surface area contributed by atoms with Crippen molar-refractivity contribution in [2.24, 2.45) is 0 Å². The molecule has 0 spiro atoms. The third-order valence-electron chi connectivity index (χ3n) is 9.39. The summed E-state index contributed by atoms with van der Waals surface area (Å²) in [6.45, 7) is 7.05.